The third kappa shape index (κ3) is 3.44. The van der Waals surface area contributed by atoms with Gasteiger partial charge in [0.2, 0.25) is 0 Å². The molecular weight excluding hydrogens is 182 g/mol. The molecule has 1 heterocycles. The van der Waals surface area contributed by atoms with Crippen LogP contribution in [0.2, 0.25) is 0 Å². The van der Waals surface area contributed by atoms with Crippen molar-refractivity contribution in [3.05, 3.63) is 24.0 Å². The zero-order valence-corrected chi connectivity index (χ0v) is 7.86. The number of methoxy groups -OCH3 is 1. The van der Waals surface area contributed by atoms with Crippen LogP contribution in [0.25, 0.3) is 0 Å². The van der Waals surface area contributed by atoms with E-state index in [9.17, 15) is 0 Å². The first-order valence-electron chi connectivity index (χ1n) is 4.03. The van der Waals surface area contributed by atoms with E-state index >= 15 is 0 Å². The van der Waals surface area contributed by atoms with E-state index in [0.29, 0.717) is 11.3 Å². The molecule has 0 aliphatic heterocycles. The second-order valence-electron chi connectivity index (χ2n) is 2.42. The minimum Gasteiger partial charge on any atom is -0.466 e. The number of aliphatic hydroxyl groups is 1. The molecule has 0 radical (unpaired) electrons. The molecule has 0 saturated carbocycles. The van der Waals surface area contributed by atoms with Gasteiger partial charge in [-0.1, -0.05) is 11.8 Å². The van der Waals surface area contributed by atoms with Crippen LogP contribution < -0.4 is 4.74 Å². The van der Waals surface area contributed by atoms with E-state index in [0.717, 1.165) is 0 Å². The molecule has 1 N–H and O–H groups in total. The number of hydrogen-bond acceptors (Lipinski definition) is 4. The van der Waals surface area contributed by atoms with E-state index in [1.165, 1.54) is 0 Å². The minimum atomic E-state index is -0.164. The Bertz CT molecular complexity index is 341. The van der Waals surface area contributed by atoms with E-state index in [2.05, 4.69) is 16.8 Å². The second kappa shape index (κ2) is 5.97. The van der Waals surface area contributed by atoms with Gasteiger partial charge in [-0.15, -0.1) is 0 Å². The number of rotatable bonds is 3. The lowest BCUT2D eigenvalue weighted by Gasteiger charge is -2.03. The standard InChI is InChI=1S/C10H11NO3/c1-13-8-14-10-5-9(3-2-4-12)6-11-7-10/h5-7,12H,4,8H2,1H3. The Labute approximate surface area is 82.5 Å². The fourth-order valence-corrected chi connectivity index (χ4v) is 0.835. The van der Waals surface area contributed by atoms with Crippen LogP contribution in [0.5, 0.6) is 5.75 Å². The molecule has 0 atom stereocenters. The predicted molar refractivity (Wildman–Crippen MR) is 50.7 cm³/mol. The smallest absolute Gasteiger partial charge is 0.188 e. The zero-order chi connectivity index (χ0) is 10.2. The Balaban J connectivity index is 2.68. The van der Waals surface area contributed by atoms with Crippen LogP contribution in [0.3, 0.4) is 0 Å². The van der Waals surface area contributed by atoms with Crippen molar-refractivity contribution in [2.24, 2.45) is 0 Å². The molecule has 0 aliphatic rings. The summed E-state index contributed by atoms with van der Waals surface area (Å²) < 4.78 is 9.90. The van der Waals surface area contributed by atoms with Crippen molar-refractivity contribution >= 4 is 0 Å². The molecule has 1 aromatic heterocycles. The average Bonchev–Trinajstić information content (AvgIpc) is 2.24. The molecule has 0 aliphatic carbocycles. The highest BCUT2D eigenvalue weighted by Crippen LogP contribution is 2.09. The number of ether oxygens (including phenoxy) is 2. The maximum Gasteiger partial charge on any atom is 0.188 e. The molecule has 0 unspecified atom stereocenters. The largest absolute Gasteiger partial charge is 0.466 e. The third-order valence-corrected chi connectivity index (χ3v) is 1.37. The maximum absolute atomic E-state index is 8.49. The first-order chi connectivity index (χ1) is 6.86. The Kier molecular flexibility index (Phi) is 4.48. The van der Waals surface area contributed by atoms with Crippen molar-refractivity contribution in [1.29, 1.82) is 0 Å². The van der Waals surface area contributed by atoms with E-state index in [4.69, 9.17) is 14.6 Å². The molecule has 0 spiro atoms. The number of nitrogens with zero attached hydrogens (tertiary/aromatic N) is 1. The summed E-state index contributed by atoms with van der Waals surface area (Å²) in [6.07, 6.45) is 3.17. The number of aliphatic hydroxyl groups excluding tert-OH is 1. The summed E-state index contributed by atoms with van der Waals surface area (Å²) in [5.41, 5.74) is 0.702. The molecule has 1 rings (SSSR count). The van der Waals surface area contributed by atoms with Crippen LogP contribution in [0, 0.1) is 11.8 Å². The highest BCUT2D eigenvalue weighted by atomic mass is 16.7. The Morgan fingerprint density at radius 3 is 3.07 bits per heavy atom. The molecule has 14 heavy (non-hydrogen) atoms. The van der Waals surface area contributed by atoms with Crippen molar-refractivity contribution in [1.82, 2.24) is 4.98 Å². The Hall–Kier alpha value is -1.57. The van der Waals surface area contributed by atoms with Crippen LogP contribution in [-0.4, -0.2) is 30.6 Å². The topological polar surface area (TPSA) is 51.6 Å². The quantitative estimate of drug-likeness (QED) is 0.558. The summed E-state index contributed by atoms with van der Waals surface area (Å²) in [4.78, 5) is 3.93. The summed E-state index contributed by atoms with van der Waals surface area (Å²) in [6.45, 7) is 0.0156. The molecule has 0 saturated heterocycles. The lowest BCUT2D eigenvalue weighted by molar-refractivity contribution is 0.0508. The maximum atomic E-state index is 8.49. The summed E-state index contributed by atoms with van der Waals surface area (Å²) in [5, 5.41) is 8.49. The van der Waals surface area contributed by atoms with Crippen molar-refractivity contribution in [2.75, 3.05) is 20.5 Å². The Morgan fingerprint density at radius 2 is 2.36 bits per heavy atom. The molecule has 1 aromatic rings. The van der Waals surface area contributed by atoms with Gasteiger partial charge in [0.25, 0.3) is 0 Å². The molecule has 4 nitrogen and oxygen atoms in total. The van der Waals surface area contributed by atoms with Gasteiger partial charge in [0.1, 0.15) is 12.4 Å². The van der Waals surface area contributed by atoms with Crippen LogP contribution in [0.15, 0.2) is 18.5 Å². The Morgan fingerprint density at radius 1 is 1.50 bits per heavy atom. The molecule has 0 fully saturated rings. The summed E-state index contributed by atoms with van der Waals surface area (Å²) >= 11 is 0. The number of pyridine rings is 1. The van der Waals surface area contributed by atoms with Crippen LogP contribution in [0.4, 0.5) is 0 Å². The second-order valence-corrected chi connectivity index (χ2v) is 2.42. The van der Waals surface area contributed by atoms with Crippen molar-refractivity contribution < 1.29 is 14.6 Å². The minimum absolute atomic E-state index is 0.164. The summed E-state index contributed by atoms with van der Waals surface area (Å²) in [5.74, 6) is 5.85. The molecule has 0 aromatic carbocycles. The van der Waals surface area contributed by atoms with Gasteiger partial charge in [0.15, 0.2) is 6.79 Å². The first-order valence-corrected chi connectivity index (χ1v) is 4.03. The molecule has 0 bridgehead atoms. The van der Waals surface area contributed by atoms with Gasteiger partial charge in [0, 0.05) is 18.9 Å². The molecule has 74 valence electrons. The highest BCUT2D eigenvalue weighted by molar-refractivity contribution is 5.36. The van der Waals surface area contributed by atoms with E-state index in [1.54, 1.807) is 25.6 Å². The number of aromatic nitrogens is 1. The van der Waals surface area contributed by atoms with Gasteiger partial charge in [-0.2, -0.15) is 0 Å². The lowest BCUT2D eigenvalue weighted by Crippen LogP contribution is -1.99. The van der Waals surface area contributed by atoms with E-state index < -0.39 is 0 Å². The van der Waals surface area contributed by atoms with Crippen LogP contribution in [0.1, 0.15) is 5.56 Å². The lowest BCUT2D eigenvalue weighted by atomic mass is 10.3. The normalized spacial score (nSPS) is 9.00. The first kappa shape index (κ1) is 10.5. The summed E-state index contributed by atoms with van der Waals surface area (Å²) in [6, 6.07) is 1.73. The van der Waals surface area contributed by atoms with Crippen molar-refractivity contribution in [2.45, 2.75) is 0 Å². The SMILES string of the molecule is COCOc1cncc(C#CCO)c1. The monoisotopic (exact) mass is 193 g/mol. The van der Waals surface area contributed by atoms with Gasteiger partial charge in [-0.25, -0.2) is 0 Å². The van der Waals surface area contributed by atoms with Gasteiger partial charge in [-0.05, 0) is 6.07 Å². The molecule has 0 amide bonds. The van der Waals surface area contributed by atoms with Gasteiger partial charge < -0.3 is 14.6 Å². The van der Waals surface area contributed by atoms with Crippen LogP contribution >= 0.6 is 0 Å². The van der Waals surface area contributed by atoms with E-state index in [-0.39, 0.29) is 13.4 Å². The van der Waals surface area contributed by atoms with Crippen molar-refractivity contribution in [3.63, 3.8) is 0 Å². The van der Waals surface area contributed by atoms with E-state index in [1.807, 2.05) is 0 Å². The molecular formula is C10H11NO3. The highest BCUT2D eigenvalue weighted by Gasteiger charge is 1.94. The van der Waals surface area contributed by atoms with Crippen molar-refractivity contribution in [3.8, 4) is 17.6 Å². The summed E-state index contributed by atoms with van der Waals surface area (Å²) in [7, 11) is 1.54. The van der Waals surface area contributed by atoms with Crippen LogP contribution in [-0.2, 0) is 4.74 Å². The average molecular weight is 193 g/mol. The van der Waals surface area contributed by atoms with Gasteiger partial charge in [-0.3, -0.25) is 4.98 Å². The van der Waals surface area contributed by atoms with Gasteiger partial charge >= 0.3 is 0 Å². The predicted octanol–water partition coefficient (Wildman–Crippen LogP) is 0.408. The third-order valence-electron chi connectivity index (χ3n) is 1.37. The van der Waals surface area contributed by atoms with Gasteiger partial charge in [0.05, 0.1) is 6.20 Å². The zero-order valence-electron chi connectivity index (χ0n) is 7.86. The molecule has 4 heteroatoms. The fraction of sp³-hybridized carbons (Fsp3) is 0.300. The number of hydrogen-bond donors (Lipinski definition) is 1. The fourth-order valence-electron chi connectivity index (χ4n) is 0.835.